The third-order valence-electron chi connectivity index (χ3n) is 6.74. The second kappa shape index (κ2) is 12.3. The normalized spacial score (nSPS) is 13.8. The molecule has 38 heavy (non-hydrogen) atoms. The summed E-state index contributed by atoms with van der Waals surface area (Å²) in [6.07, 6.45) is 2.41. The van der Waals surface area contributed by atoms with E-state index in [0.29, 0.717) is 18.0 Å². The van der Waals surface area contributed by atoms with Gasteiger partial charge in [-0.1, -0.05) is 42.0 Å². The van der Waals surface area contributed by atoms with Gasteiger partial charge in [0.15, 0.2) is 0 Å². The van der Waals surface area contributed by atoms with E-state index in [9.17, 15) is 13.2 Å². The van der Waals surface area contributed by atoms with Crippen LogP contribution in [0.5, 0.6) is 11.5 Å². The lowest BCUT2D eigenvalue weighted by molar-refractivity contribution is -0.119. The number of nitrogens with one attached hydrogen (secondary N) is 1. The van der Waals surface area contributed by atoms with E-state index in [-0.39, 0.29) is 10.6 Å². The van der Waals surface area contributed by atoms with Crippen LogP contribution in [0.25, 0.3) is 0 Å². The Morgan fingerprint density at radius 3 is 2.29 bits per heavy atom. The van der Waals surface area contributed by atoms with Gasteiger partial charge in [0.05, 0.1) is 24.8 Å². The summed E-state index contributed by atoms with van der Waals surface area (Å²) in [5, 5.41) is 2.93. The molecule has 1 aliphatic heterocycles. The van der Waals surface area contributed by atoms with Crippen LogP contribution < -0.4 is 19.1 Å². The van der Waals surface area contributed by atoms with Crippen LogP contribution in [0.4, 0.5) is 5.69 Å². The molecule has 4 rings (SSSR count). The van der Waals surface area contributed by atoms with Gasteiger partial charge in [0.2, 0.25) is 5.91 Å². The Morgan fingerprint density at radius 1 is 0.947 bits per heavy atom. The number of rotatable bonds is 11. The Kier molecular flexibility index (Phi) is 8.91. The van der Waals surface area contributed by atoms with Crippen molar-refractivity contribution in [3.63, 3.8) is 0 Å². The zero-order valence-electron chi connectivity index (χ0n) is 22.1. The molecular formula is C29H35N3O5S. The summed E-state index contributed by atoms with van der Waals surface area (Å²) >= 11 is 0. The molecule has 0 unspecified atom stereocenters. The van der Waals surface area contributed by atoms with Crippen molar-refractivity contribution in [2.24, 2.45) is 0 Å². The number of carbonyl (C=O) groups excluding carboxylic acids is 1. The van der Waals surface area contributed by atoms with Crippen molar-refractivity contribution in [2.75, 3.05) is 38.2 Å². The molecule has 0 saturated carbocycles. The van der Waals surface area contributed by atoms with Crippen molar-refractivity contribution in [1.82, 2.24) is 10.2 Å². The number of sulfonamides is 1. The monoisotopic (exact) mass is 537 g/mol. The van der Waals surface area contributed by atoms with Gasteiger partial charge in [0.1, 0.15) is 18.0 Å². The van der Waals surface area contributed by atoms with E-state index in [4.69, 9.17) is 9.47 Å². The highest BCUT2D eigenvalue weighted by molar-refractivity contribution is 7.92. The maximum absolute atomic E-state index is 13.8. The highest BCUT2D eigenvalue weighted by atomic mass is 32.2. The molecule has 1 saturated heterocycles. The number of anilines is 1. The predicted octanol–water partition coefficient (Wildman–Crippen LogP) is 4.12. The first-order valence-electron chi connectivity index (χ1n) is 12.7. The zero-order chi connectivity index (χ0) is 27.1. The minimum atomic E-state index is -4.10. The lowest BCUT2D eigenvalue weighted by Crippen LogP contribution is -2.41. The third kappa shape index (κ3) is 6.46. The van der Waals surface area contributed by atoms with Gasteiger partial charge in [-0.3, -0.25) is 14.0 Å². The Balaban J connectivity index is 1.59. The summed E-state index contributed by atoms with van der Waals surface area (Å²) in [5.74, 6) is 0.327. The highest BCUT2D eigenvalue weighted by Crippen LogP contribution is 2.35. The number of methoxy groups -OCH3 is 2. The summed E-state index contributed by atoms with van der Waals surface area (Å²) in [7, 11) is -1.15. The molecule has 3 aromatic rings. The van der Waals surface area contributed by atoms with Crippen molar-refractivity contribution in [2.45, 2.75) is 37.8 Å². The number of carbonyl (C=O) groups is 1. The average Bonchev–Trinajstić information content (AvgIpc) is 3.44. The first kappa shape index (κ1) is 27.5. The maximum Gasteiger partial charge on any atom is 0.264 e. The van der Waals surface area contributed by atoms with Crippen molar-refractivity contribution in [1.29, 1.82) is 0 Å². The van der Waals surface area contributed by atoms with Crippen LogP contribution >= 0.6 is 0 Å². The minimum absolute atomic E-state index is 0.0803. The fraction of sp³-hybridized carbons (Fsp3) is 0.345. The van der Waals surface area contributed by atoms with Crippen molar-refractivity contribution < 1.29 is 22.7 Å². The molecule has 0 aromatic heterocycles. The Hall–Kier alpha value is -3.56. The van der Waals surface area contributed by atoms with Crippen LogP contribution in [0.15, 0.2) is 71.6 Å². The molecule has 1 amide bonds. The van der Waals surface area contributed by atoms with Gasteiger partial charge in [-0.05, 0) is 68.2 Å². The lowest BCUT2D eigenvalue weighted by atomic mass is 10.1. The molecule has 202 valence electrons. The average molecular weight is 538 g/mol. The summed E-state index contributed by atoms with van der Waals surface area (Å²) in [4.78, 5) is 15.7. The van der Waals surface area contributed by atoms with Crippen LogP contribution in [0.2, 0.25) is 0 Å². The second-order valence-electron chi connectivity index (χ2n) is 9.39. The number of ether oxygens (including phenoxy) is 2. The quantitative estimate of drug-likeness (QED) is 0.396. The second-order valence-corrected chi connectivity index (χ2v) is 11.3. The van der Waals surface area contributed by atoms with Gasteiger partial charge >= 0.3 is 0 Å². The number of aryl methyl sites for hydroxylation is 1. The summed E-state index contributed by atoms with van der Waals surface area (Å²) < 4.78 is 39.5. The first-order valence-corrected chi connectivity index (χ1v) is 14.1. The molecule has 0 aliphatic carbocycles. The Labute approximate surface area is 225 Å². The smallest absolute Gasteiger partial charge is 0.264 e. The topological polar surface area (TPSA) is 88.2 Å². The van der Waals surface area contributed by atoms with Gasteiger partial charge < -0.3 is 14.8 Å². The number of benzene rings is 3. The molecule has 0 radical (unpaired) electrons. The molecule has 1 N–H and O–H groups in total. The molecule has 1 aliphatic rings. The summed E-state index contributed by atoms with van der Waals surface area (Å²) in [5.41, 5.74) is 3.32. The standard InChI is InChI=1S/C29H35N3O5S/c1-22-10-13-26(14-11-22)38(34,35)32(27-18-25(36-2)12-15-28(27)37-3)21-29(33)30-19-23-8-4-5-9-24(23)20-31-16-6-7-17-31/h4-5,8-15,18H,6-7,16-17,19-21H2,1-3H3,(H,30,33). The number of hydrogen-bond acceptors (Lipinski definition) is 6. The minimum Gasteiger partial charge on any atom is -0.497 e. The Morgan fingerprint density at radius 2 is 1.63 bits per heavy atom. The van der Waals surface area contributed by atoms with E-state index < -0.39 is 22.5 Å². The van der Waals surface area contributed by atoms with Crippen molar-refractivity contribution >= 4 is 21.6 Å². The van der Waals surface area contributed by atoms with E-state index in [2.05, 4.69) is 16.3 Å². The van der Waals surface area contributed by atoms with E-state index in [1.807, 2.05) is 25.1 Å². The van der Waals surface area contributed by atoms with Crippen LogP contribution in [0.1, 0.15) is 29.5 Å². The van der Waals surface area contributed by atoms with Gasteiger partial charge in [-0.25, -0.2) is 8.42 Å². The summed E-state index contributed by atoms with van der Waals surface area (Å²) in [6, 6.07) is 19.4. The molecule has 9 heteroatoms. The van der Waals surface area contributed by atoms with Gasteiger partial charge in [-0.2, -0.15) is 0 Å². The van der Waals surface area contributed by atoms with Crippen molar-refractivity contribution in [3.8, 4) is 11.5 Å². The number of likely N-dealkylation sites (tertiary alicyclic amines) is 1. The van der Waals surface area contributed by atoms with E-state index in [0.717, 1.165) is 40.6 Å². The van der Waals surface area contributed by atoms with E-state index in [1.54, 1.807) is 30.3 Å². The Bertz CT molecular complexity index is 1350. The first-order chi connectivity index (χ1) is 18.3. The van der Waals surface area contributed by atoms with Gasteiger partial charge in [0.25, 0.3) is 10.0 Å². The largest absolute Gasteiger partial charge is 0.497 e. The molecular weight excluding hydrogens is 502 g/mol. The van der Waals surface area contributed by atoms with Crippen LogP contribution in [-0.2, 0) is 27.9 Å². The molecule has 1 heterocycles. The molecule has 0 spiro atoms. The number of amides is 1. The van der Waals surface area contributed by atoms with Crippen molar-refractivity contribution in [3.05, 3.63) is 83.4 Å². The molecule has 8 nitrogen and oxygen atoms in total. The van der Waals surface area contributed by atoms with Crippen LogP contribution in [-0.4, -0.2) is 53.1 Å². The number of nitrogens with zero attached hydrogens (tertiary/aromatic N) is 2. The van der Waals surface area contributed by atoms with E-state index in [1.165, 1.54) is 39.2 Å². The predicted molar refractivity (Wildman–Crippen MR) is 148 cm³/mol. The SMILES string of the molecule is COc1ccc(OC)c(N(CC(=O)NCc2ccccc2CN2CCCC2)S(=O)(=O)c2ccc(C)cc2)c1. The molecule has 1 fully saturated rings. The zero-order valence-corrected chi connectivity index (χ0v) is 23.0. The van der Waals surface area contributed by atoms with E-state index >= 15 is 0 Å². The van der Waals surface area contributed by atoms with Gasteiger partial charge in [-0.15, -0.1) is 0 Å². The maximum atomic E-state index is 13.8. The van der Waals surface area contributed by atoms with Crippen LogP contribution in [0, 0.1) is 6.92 Å². The molecule has 0 atom stereocenters. The molecule has 3 aromatic carbocycles. The molecule has 0 bridgehead atoms. The lowest BCUT2D eigenvalue weighted by Gasteiger charge is -2.26. The highest BCUT2D eigenvalue weighted by Gasteiger charge is 2.30. The number of hydrogen-bond donors (Lipinski definition) is 1. The third-order valence-corrected chi connectivity index (χ3v) is 8.51. The summed E-state index contributed by atoms with van der Waals surface area (Å²) in [6.45, 7) is 4.75. The van der Waals surface area contributed by atoms with Gasteiger partial charge in [0, 0.05) is 19.2 Å². The fourth-order valence-electron chi connectivity index (χ4n) is 4.57. The van der Waals surface area contributed by atoms with Crippen LogP contribution in [0.3, 0.4) is 0 Å². The fourth-order valence-corrected chi connectivity index (χ4v) is 6.00.